The van der Waals surface area contributed by atoms with Crippen LogP contribution in [0.3, 0.4) is 0 Å². The van der Waals surface area contributed by atoms with E-state index < -0.39 is 4.75 Å². The van der Waals surface area contributed by atoms with E-state index in [1.807, 2.05) is 59.6 Å². The van der Waals surface area contributed by atoms with E-state index in [4.69, 9.17) is 4.74 Å². The van der Waals surface area contributed by atoms with E-state index >= 15 is 0 Å². The van der Waals surface area contributed by atoms with Crippen molar-refractivity contribution >= 4 is 57.5 Å². The zero-order chi connectivity index (χ0) is 29.5. The molecule has 0 radical (unpaired) electrons. The molecule has 2 heterocycles. The molecule has 0 bridgehead atoms. The number of carbonyl (C=O) groups excluding carboxylic acids is 1. The SMILES string of the molecule is COc1cc(NSc2cccs2)c2[nH]c(C(=O)NCCSC(c3ccccc3)(c3ccccc3)c3ccccc3)cc2c1. The van der Waals surface area contributed by atoms with Crippen molar-refractivity contribution in [2.24, 2.45) is 0 Å². The van der Waals surface area contributed by atoms with Crippen molar-refractivity contribution in [1.82, 2.24) is 10.3 Å². The summed E-state index contributed by atoms with van der Waals surface area (Å²) in [4.78, 5) is 16.7. The number of anilines is 1. The second kappa shape index (κ2) is 13.5. The molecule has 0 aliphatic heterocycles. The third-order valence-electron chi connectivity index (χ3n) is 7.19. The highest BCUT2D eigenvalue weighted by atomic mass is 32.2. The Balaban J connectivity index is 1.21. The Labute approximate surface area is 264 Å². The van der Waals surface area contributed by atoms with Crippen LogP contribution in [0.1, 0.15) is 27.2 Å². The number of H-pyrrole nitrogens is 1. The van der Waals surface area contributed by atoms with Gasteiger partial charge in [0.15, 0.2) is 0 Å². The summed E-state index contributed by atoms with van der Waals surface area (Å²) in [5.74, 6) is 1.29. The minimum atomic E-state index is -0.424. The number of hydrogen-bond acceptors (Lipinski definition) is 6. The summed E-state index contributed by atoms with van der Waals surface area (Å²) >= 11 is 5.03. The van der Waals surface area contributed by atoms with Gasteiger partial charge >= 0.3 is 0 Å². The van der Waals surface area contributed by atoms with Crippen molar-refractivity contribution < 1.29 is 9.53 Å². The fraction of sp³-hybridized carbons (Fsp3) is 0.114. The molecule has 1 amide bonds. The predicted octanol–water partition coefficient (Wildman–Crippen LogP) is 8.81. The van der Waals surface area contributed by atoms with Crippen molar-refractivity contribution in [1.29, 1.82) is 0 Å². The van der Waals surface area contributed by atoms with Gasteiger partial charge in [-0.1, -0.05) is 97.1 Å². The Morgan fingerprint density at radius 1 is 0.837 bits per heavy atom. The quantitative estimate of drug-likeness (QED) is 0.0724. The van der Waals surface area contributed by atoms with Crippen LogP contribution < -0.4 is 14.8 Å². The van der Waals surface area contributed by atoms with Gasteiger partial charge in [0.2, 0.25) is 0 Å². The van der Waals surface area contributed by atoms with Crippen molar-refractivity contribution in [3.63, 3.8) is 0 Å². The van der Waals surface area contributed by atoms with Gasteiger partial charge in [-0.05, 0) is 52.2 Å². The fourth-order valence-corrected chi connectivity index (χ4v) is 8.07. The Morgan fingerprint density at radius 2 is 1.47 bits per heavy atom. The zero-order valence-electron chi connectivity index (χ0n) is 23.6. The molecule has 0 atom stereocenters. The van der Waals surface area contributed by atoms with Gasteiger partial charge in [-0.3, -0.25) is 4.79 Å². The maximum absolute atomic E-state index is 13.4. The van der Waals surface area contributed by atoms with Gasteiger partial charge in [0.1, 0.15) is 11.4 Å². The lowest BCUT2D eigenvalue weighted by atomic mass is 9.84. The number of benzene rings is 4. The van der Waals surface area contributed by atoms with Crippen LogP contribution in [-0.2, 0) is 4.75 Å². The molecule has 0 saturated heterocycles. The monoisotopic (exact) mass is 621 g/mol. The molecular formula is C35H31N3O2S3. The number of methoxy groups -OCH3 is 1. The third kappa shape index (κ3) is 6.32. The van der Waals surface area contributed by atoms with Gasteiger partial charge in [-0.2, -0.15) is 0 Å². The number of aromatic nitrogens is 1. The zero-order valence-corrected chi connectivity index (χ0v) is 26.0. The van der Waals surface area contributed by atoms with Crippen molar-refractivity contribution in [2.75, 3.05) is 24.1 Å². The fourth-order valence-electron chi connectivity index (χ4n) is 5.20. The largest absolute Gasteiger partial charge is 0.497 e. The van der Waals surface area contributed by atoms with E-state index in [1.54, 1.807) is 18.4 Å². The molecule has 0 unspecified atom stereocenters. The summed E-state index contributed by atoms with van der Waals surface area (Å²) in [6, 6.07) is 41.6. The lowest BCUT2D eigenvalue weighted by Gasteiger charge is -2.35. The molecule has 5 nitrogen and oxygen atoms in total. The molecule has 0 aliphatic carbocycles. The number of thiophene rings is 1. The van der Waals surface area contributed by atoms with Crippen LogP contribution in [0.5, 0.6) is 5.75 Å². The number of rotatable bonds is 12. The average Bonchev–Trinajstić information content (AvgIpc) is 3.75. The smallest absolute Gasteiger partial charge is 0.267 e. The first-order chi connectivity index (χ1) is 21.2. The molecule has 0 aliphatic rings. The number of fused-ring (bicyclic) bond motifs is 1. The highest BCUT2D eigenvalue weighted by molar-refractivity contribution is 8.02. The number of carbonyl (C=O) groups is 1. The first kappa shape index (κ1) is 29.0. The predicted molar refractivity (Wildman–Crippen MR) is 183 cm³/mol. The molecule has 3 N–H and O–H groups in total. The molecular weight excluding hydrogens is 591 g/mol. The summed E-state index contributed by atoms with van der Waals surface area (Å²) in [6.07, 6.45) is 0. The summed E-state index contributed by atoms with van der Waals surface area (Å²) in [6.45, 7) is 0.510. The minimum Gasteiger partial charge on any atom is -0.497 e. The Hall–Kier alpha value is -4.11. The molecule has 4 aromatic carbocycles. The van der Waals surface area contributed by atoms with E-state index in [-0.39, 0.29) is 5.91 Å². The van der Waals surface area contributed by atoms with Gasteiger partial charge in [0.25, 0.3) is 5.91 Å². The molecule has 0 spiro atoms. The van der Waals surface area contributed by atoms with Crippen LogP contribution in [0.25, 0.3) is 10.9 Å². The number of amides is 1. The lowest BCUT2D eigenvalue weighted by molar-refractivity contribution is 0.0952. The number of thioether (sulfide) groups is 1. The Bertz CT molecular complexity index is 1680. The molecule has 8 heteroatoms. The second-order valence-electron chi connectivity index (χ2n) is 9.84. The topological polar surface area (TPSA) is 66.1 Å². The van der Waals surface area contributed by atoms with Gasteiger partial charge in [-0.15, -0.1) is 23.1 Å². The average molecular weight is 622 g/mol. The molecule has 6 aromatic rings. The van der Waals surface area contributed by atoms with Crippen molar-refractivity contribution in [3.05, 3.63) is 149 Å². The molecule has 0 saturated carbocycles. The summed E-state index contributed by atoms with van der Waals surface area (Å²) in [5, 5.41) is 6.10. The summed E-state index contributed by atoms with van der Waals surface area (Å²) in [5.41, 5.74) is 5.84. The molecule has 2 aromatic heterocycles. The van der Waals surface area contributed by atoms with E-state index in [9.17, 15) is 4.79 Å². The molecule has 6 rings (SSSR count). The lowest BCUT2D eigenvalue weighted by Crippen LogP contribution is -2.30. The van der Waals surface area contributed by atoms with E-state index in [0.29, 0.717) is 18.0 Å². The maximum atomic E-state index is 13.4. The highest BCUT2D eigenvalue weighted by Gasteiger charge is 2.36. The second-order valence-corrected chi connectivity index (χ2v) is 13.2. The Kier molecular flexibility index (Phi) is 9.07. The minimum absolute atomic E-state index is 0.141. The van der Waals surface area contributed by atoms with Crippen LogP contribution in [-0.4, -0.2) is 30.3 Å². The van der Waals surface area contributed by atoms with Gasteiger partial charge in [0.05, 0.1) is 27.3 Å². The standard InChI is InChI=1S/C35H31N3O2S3/c1-40-29-22-25-23-31(37-33(25)30(24-29)38-43-32-18-11-20-41-32)34(39)36-19-21-42-35(26-12-5-2-6-13-26,27-14-7-3-8-15-27)28-16-9-4-10-17-28/h2-18,20,22-24,37-38H,19,21H2,1H3,(H,36,39). The highest BCUT2D eigenvalue weighted by Crippen LogP contribution is 2.48. The maximum Gasteiger partial charge on any atom is 0.267 e. The first-order valence-corrected chi connectivity index (χ1v) is 16.6. The van der Waals surface area contributed by atoms with Gasteiger partial charge in [-0.25, -0.2) is 0 Å². The molecule has 216 valence electrons. The number of hydrogen-bond donors (Lipinski definition) is 3. The normalized spacial score (nSPS) is 11.4. The number of aromatic amines is 1. The van der Waals surface area contributed by atoms with Crippen molar-refractivity contribution in [2.45, 2.75) is 8.96 Å². The van der Waals surface area contributed by atoms with Gasteiger partial charge in [0, 0.05) is 23.8 Å². The summed E-state index contributed by atoms with van der Waals surface area (Å²) in [7, 11) is 1.65. The van der Waals surface area contributed by atoms with Crippen molar-refractivity contribution in [3.8, 4) is 5.75 Å². The number of nitrogens with one attached hydrogen (secondary N) is 3. The summed E-state index contributed by atoms with van der Waals surface area (Å²) < 4.78 is 9.67. The molecule has 43 heavy (non-hydrogen) atoms. The van der Waals surface area contributed by atoms with Gasteiger partial charge < -0.3 is 19.8 Å². The molecule has 0 fully saturated rings. The van der Waals surface area contributed by atoms with E-state index in [1.165, 1.54) is 28.6 Å². The van der Waals surface area contributed by atoms with Crippen LogP contribution >= 0.6 is 35.0 Å². The third-order valence-corrected chi connectivity index (χ3v) is 10.6. The van der Waals surface area contributed by atoms with Crippen LogP contribution in [0, 0.1) is 0 Å². The van der Waals surface area contributed by atoms with E-state index in [0.717, 1.165) is 26.5 Å². The van der Waals surface area contributed by atoms with Crippen LogP contribution in [0.4, 0.5) is 5.69 Å². The Morgan fingerprint density at radius 3 is 2.02 bits per heavy atom. The number of ether oxygens (including phenoxy) is 1. The van der Waals surface area contributed by atoms with Crippen LogP contribution in [0.15, 0.2) is 131 Å². The van der Waals surface area contributed by atoms with Crippen LogP contribution in [0.2, 0.25) is 0 Å². The first-order valence-electron chi connectivity index (χ1n) is 13.9. The van der Waals surface area contributed by atoms with E-state index in [2.05, 4.69) is 93.9 Å².